The van der Waals surface area contributed by atoms with Gasteiger partial charge < -0.3 is 15.0 Å². The summed E-state index contributed by atoms with van der Waals surface area (Å²) in [6, 6.07) is 14.8. The van der Waals surface area contributed by atoms with Gasteiger partial charge in [0.2, 0.25) is 5.91 Å². The SMILES string of the molecule is CCNC(=O)C(C)N(Cc1cccc(C)c1)C(=O)COc1ccc(I)cc1. The second-order valence-electron chi connectivity index (χ2n) is 6.32. The zero-order valence-electron chi connectivity index (χ0n) is 15.9. The Balaban J connectivity index is 2.12. The van der Waals surface area contributed by atoms with E-state index in [1.54, 1.807) is 11.8 Å². The Hall–Kier alpha value is -2.09. The highest BCUT2D eigenvalue weighted by molar-refractivity contribution is 14.1. The van der Waals surface area contributed by atoms with Crippen molar-refractivity contribution in [1.29, 1.82) is 0 Å². The smallest absolute Gasteiger partial charge is 0.261 e. The molecule has 0 aromatic heterocycles. The number of nitrogens with zero attached hydrogens (tertiary/aromatic N) is 1. The number of halogens is 1. The predicted molar refractivity (Wildman–Crippen MR) is 115 cm³/mol. The Kier molecular flexibility index (Phi) is 8.09. The van der Waals surface area contributed by atoms with E-state index >= 15 is 0 Å². The molecular formula is C21H25IN2O3. The molecule has 0 bridgehead atoms. The Morgan fingerprint density at radius 1 is 1.19 bits per heavy atom. The summed E-state index contributed by atoms with van der Waals surface area (Å²) in [5, 5.41) is 2.78. The summed E-state index contributed by atoms with van der Waals surface area (Å²) in [5.41, 5.74) is 2.09. The lowest BCUT2D eigenvalue weighted by molar-refractivity contribution is -0.142. The molecule has 2 aromatic rings. The fraction of sp³-hybridized carbons (Fsp3) is 0.333. The molecule has 6 heteroatoms. The predicted octanol–water partition coefficient (Wildman–Crippen LogP) is 3.53. The molecule has 1 N–H and O–H groups in total. The Bertz CT molecular complexity index is 777. The van der Waals surface area contributed by atoms with E-state index in [-0.39, 0.29) is 18.4 Å². The third-order valence-corrected chi connectivity index (χ3v) is 4.85. The van der Waals surface area contributed by atoms with Crippen LogP contribution in [0.5, 0.6) is 5.75 Å². The molecule has 2 rings (SSSR count). The van der Waals surface area contributed by atoms with E-state index in [2.05, 4.69) is 27.9 Å². The van der Waals surface area contributed by atoms with Crippen LogP contribution in [0.25, 0.3) is 0 Å². The topological polar surface area (TPSA) is 58.6 Å². The van der Waals surface area contributed by atoms with Crippen LogP contribution in [-0.4, -0.2) is 35.9 Å². The molecule has 0 saturated heterocycles. The van der Waals surface area contributed by atoms with Crippen LogP contribution in [0.3, 0.4) is 0 Å². The molecule has 27 heavy (non-hydrogen) atoms. The molecule has 0 aliphatic heterocycles. The van der Waals surface area contributed by atoms with Crippen molar-refractivity contribution in [3.8, 4) is 5.75 Å². The lowest BCUT2D eigenvalue weighted by Crippen LogP contribution is -2.49. The highest BCUT2D eigenvalue weighted by Gasteiger charge is 2.26. The molecule has 0 aliphatic carbocycles. The van der Waals surface area contributed by atoms with E-state index in [9.17, 15) is 9.59 Å². The fourth-order valence-corrected chi connectivity index (χ4v) is 3.03. The molecule has 5 nitrogen and oxygen atoms in total. The molecule has 0 radical (unpaired) electrons. The van der Waals surface area contributed by atoms with Crippen LogP contribution < -0.4 is 10.1 Å². The Labute approximate surface area is 174 Å². The fourth-order valence-electron chi connectivity index (χ4n) is 2.67. The summed E-state index contributed by atoms with van der Waals surface area (Å²) >= 11 is 2.21. The van der Waals surface area contributed by atoms with Crippen molar-refractivity contribution >= 4 is 34.4 Å². The third kappa shape index (κ3) is 6.53. The van der Waals surface area contributed by atoms with Crippen molar-refractivity contribution < 1.29 is 14.3 Å². The monoisotopic (exact) mass is 480 g/mol. The number of amides is 2. The van der Waals surface area contributed by atoms with Crippen molar-refractivity contribution in [2.75, 3.05) is 13.2 Å². The largest absolute Gasteiger partial charge is 0.484 e. The first-order chi connectivity index (χ1) is 12.9. The molecule has 2 amide bonds. The number of hydrogen-bond acceptors (Lipinski definition) is 3. The number of carbonyl (C=O) groups excluding carboxylic acids is 2. The van der Waals surface area contributed by atoms with Gasteiger partial charge in [-0.05, 0) is 73.2 Å². The van der Waals surface area contributed by atoms with E-state index in [4.69, 9.17) is 4.74 Å². The average molecular weight is 480 g/mol. The van der Waals surface area contributed by atoms with E-state index < -0.39 is 6.04 Å². The third-order valence-electron chi connectivity index (χ3n) is 4.13. The summed E-state index contributed by atoms with van der Waals surface area (Å²) in [6.45, 7) is 6.36. The molecule has 1 unspecified atom stereocenters. The highest BCUT2D eigenvalue weighted by Crippen LogP contribution is 2.15. The van der Waals surface area contributed by atoms with E-state index in [0.29, 0.717) is 18.8 Å². The minimum atomic E-state index is -0.585. The van der Waals surface area contributed by atoms with Crippen LogP contribution in [0.15, 0.2) is 48.5 Å². The number of carbonyl (C=O) groups is 2. The summed E-state index contributed by atoms with van der Waals surface area (Å²) in [7, 11) is 0. The van der Waals surface area contributed by atoms with Crippen molar-refractivity contribution in [3.63, 3.8) is 0 Å². The van der Waals surface area contributed by atoms with Crippen molar-refractivity contribution in [3.05, 3.63) is 63.2 Å². The van der Waals surface area contributed by atoms with Crippen LogP contribution >= 0.6 is 22.6 Å². The van der Waals surface area contributed by atoms with Gasteiger partial charge in [0.25, 0.3) is 5.91 Å². The van der Waals surface area contributed by atoms with E-state index in [1.165, 1.54) is 0 Å². The lowest BCUT2D eigenvalue weighted by Gasteiger charge is -2.28. The zero-order chi connectivity index (χ0) is 19.8. The maximum absolute atomic E-state index is 12.8. The molecular weight excluding hydrogens is 455 g/mol. The zero-order valence-corrected chi connectivity index (χ0v) is 18.0. The van der Waals surface area contributed by atoms with Crippen LogP contribution in [0.4, 0.5) is 0 Å². The number of aryl methyl sites for hydroxylation is 1. The van der Waals surface area contributed by atoms with Crippen LogP contribution in [0.1, 0.15) is 25.0 Å². The quantitative estimate of drug-likeness (QED) is 0.589. The van der Waals surface area contributed by atoms with Gasteiger partial charge in [0, 0.05) is 16.7 Å². The molecule has 0 fully saturated rings. The first-order valence-corrected chi connectivity index (χ1v) is 9.99. The second kappa shape index (κ2) is 10.3. The molecule has 1 atom stereocenters. The number of benzene rings is 2. The molecule has 2 aromatic carbocycles. The minimum Gasteiger partial charge on any atom is -0.484 e. The Morgan fingerprint density at radius 3 is 2.52 bits per heavy atom. The first kappa shape index (κ1) is 21.2. The summed E-state index contributed by atoms with van der Waals surface area (Å²) in [5.74, 6) is 0.228. The van der Waals surface area contributed by atoms with Gasteiger partial charge in [0.15, 0.2) is 6.61 Å². The lowest BCUT2D eigenvalue weighted by atomic mass is 10.1. The summed E-state index contributed by atoms with van der Waals surface area (Å²) in [6.07, 6.45) is 0. The molecule has 144 valence electrons. The minimum absolute atomic E-state index is 0.115. The van der Waals surface area contributed by atoms with Gasteiger partial charge in [-0.3, -0.25) is 9.59 Å². The molecule has 0 heterocycles. The molecule has 0 aliphatic rings. The van der Waals surface area contributed by atoms with Gasteiger partial charge in [0.05, 0.1) is 0 Å². The van der Waals surface area contributed by atoms with Crippen LogP contribution in [0.2, 0.25) is 0 Å². The van der Waals surface area contributed by atoms with Gasteiger partial charge in [-0.25, -0.2) is 0 Å². The standard InChI is InChI=1S/C21H25IN2O3/c1-4-23-21(26)16(3)24(13-17-7-5-6-15(2)12-17)20(25)14-27-19-10-8-18(22)9-11-19/h5-12,16H,4,13-14H2,1-3H3,(H,23,26). The number of ether oxygens (including phenoxy) is 1. The first-order valence-electron chi connectivity index (χ1n) is 8.91. The normalized spacial score (nSPS) is 11.6. The Morgan fingerprint density at radius 2 is 1.89 bits per heavy atom. The molecule has 0 saturated carbocycles. The van der Waals surface area contributed by atoms with Crippen molar-refractivity contribution in [2.24, 2.45) is 0 Å². The van der Waals surface area contributed by atoms with Gasteiger partial charge >= 0.3 is 0 Å². The van der Waals surface area contributed by atoms with Crippen LogP contribution in [0, 0.1) is 10.5 Å². The maximum atomic E-state index is 12.8. The molecule has 0 spiro atoms. The number of rotatable bonds is 8. The second-order valence-corrected chi connectivity index (χ2v) is 7.57. The van der Waals surface area contributed by atoms with Gasteiger partial charge in [-0.2, -0.15) is 0 Å². The van der Waals surface area contributed by atoms with E-state index in [1.807, 2.05) is 62.4 Å². The summed E-state index contributed by atoms with van der Waals surface area (Å²) < 4.78 is 6.72. The van der Waals surface area contributed by atoms with Crippen molar-refractivity contribution in [1.82, 2.24) is 10.2 Å². The van der Waals surface area contributed by atoms with Gasteiger partial charge in [0.1, 0.15) is 11.8 Å². The van der Waals surface area contributed by atoms with Gasteiger partial charge in [-0.1, -0.05) is 29.8 Å². The van der Waals surface area contributed by atoms with E-state index in [0.717, 1.165) is 14.7 Å². The highest BCUT2D eigenvalue weighted by atomic mass is 127. The number of likely N-dealkylation sites (N-methyl/N-ethyl adjacent to an activating group) is 1. The number of nitrogens with one attached hydrogen (secondary N) is 1. The van der Waals surface area contributed by atoms with Crippen LogP contribution in [-0.2, 0) is 16.1 Å². The maximum Gasteiger partial charge on any atom is 0.261 e. The van der Waals surface area contributed by atoms with Crippen molar-refractivity contribution in [2.45, 2.75) is 33.4 Å². The summed E-state index contributed by atoms with van der Waals surface area (Å²) in [4.78, 5) is 26.7. The van der Waals surface area contributed by atoms with Gasteiger partial charge in [-0.15, -0.1) is 0 Å². The number of hydrogen-bond donors (Lipinski definition) is 1. The average Bonchev–Trinajstić information content (AvgIpc) is 2.65.